The van der Waals surface area contributed by atoms with Gasteiger partial charge in [-0.25, -0.2) is 4.98 Å². The molecule has 0 aliphatic carbocycles. The van der Waals surface area contributed by atoms with Gasteiger partial charge in [0.1, 0.15) is 12.2 Å². The molecule has 7 nitrogen and oxygen atoms in total. The van der Waals surface area contributed by atoms with Gasteiger partial charge in [0.2, 0.25) is 0 Å². The molecule has 2 rings (SSSR count). The monoisotopic (exact) mass is 429 g/mol. The van der Waals surface area contributed by atoms with Crippen molar-refractivity contribution < 1.29 is 0 Å². The highest BCUT2D eigenvalue weighted by molar-refractivity contribution is 14.0. The van der Waals surface area contributed by atoms with E-state index in [0.29, 0.717) is 13.1 Å². The van der Waals surface area contributed by atoms with E-state index in [4.69, 9.17) is 0 Å². The Kier molecular flexibility index (Phi) is 7.79. The first-order valence-electron chi connectivity index (χ1n) is 7.14. The van der Waals surface area contributed by atoms with Crippen LogP contribution in [0.15, 0.2) is 35.6 Å². The predicted octanol–water partition coefficient (Wildman–Crippen LogP) is 1.36. The maximum absolute atomic E-state index is 4.22. The first-order chi connectivity index (χ1) is 10.6. The highest BCUT2D eigenvalue weighted by Gasteiger charge is 2.03. The van der Waals surface area contributed by atoms with Gasteiger partial charge in [0.05, 0.1) is 6.54 Å². The lowest BCUT2D eigenvalue weighted by molar-refractivity contribution is 0.672. The molecule has 0 radical (unpaired) electrons. The van der Waals surface area contributed by atoms with Gasteiger partial charge in [0, 0.05) is 40.4 Å². The van der Waals surface area contributed by atoms with Crippen LogP contribution < -0.4 is 15.5 Å². The molecule has 2 N–H and O–H groups in total. The maximum atomic E-state index is 4.22. The number of nitrogens with one attached hydrogen (secondary N) is 2. The van der Waals surface area contributed by atoms with Crippen molar-refractivity contribution in [2.45, 2.75) is 13.1 Å². The van der Waals surface area contributed by atoms with Crippen LogP contribution in [0.4, 0.5) is 5.69 Å². The zero-order valence-corrected chi connectivity index (χ0v) is 16.3. The maximum Gasteiger partial charge on any atom is 0.191 e. The third-order valence-electron chi connectivity index (χ3n) is 3.33. The largest absolute Gasteiger partial charge is 0.378 e. The first kappa shape index (κ1) is 19.2. The predicted molar refractivity (Wildman–Crippen MR) is 104 cm³/mol. The van der Waals surface area contributed by atoms with Gasteiger partial charge in [0.15, 0.2) is 5.96 Å². The van der Waals surface area contributed by atoms with Crippen molar-refractivity contribution in [1.29, 1.82) is 0 Å². The van der Waals surface area contributed by atoms with Crippen molar-refractivity contribution in [3.63, 3.8) is 0 Å². The lowest BCUT2D eigenvalue weighted by atomic mass is 10.2. The van der Waals surface area contributed by atoms with Crippen LogP contribution in [-0.4, -0.2) is 41.9 Å². The number of hydrogen-bond donors (Lipinski definition) is 2. The highest BCUT2D eigenvalue weighted by atomic mass is 127. The Labute approximate surface area is 154 Å². The Morgan fingerprint density at radius 1 is 1.26 bits per heavy atom. The van der Waals surface area contributed by atoms with Crippen molar-refractivity contribution >= 4 is 35.6 Å². The Balaban J connectivity index is 0.00000264. The van der Waals surface area contributed by atoms with E-state index in [1.807, 2.05) is 21.1 Å². The molecule has 0 saturated carbocycles. The van der Waals surface area contributed by atoms with Gasteiger partial charge in [-0.3, -0.25) is 9.67 Å². The number of aromatic nitrogens is 3. The molecule has 0 aliphatic rings. The Morgan fingerprint density at radius 2 is 2.00 bits per heavy atom. The number of rotatable bonds is 5. The number of nitrogens with zero attached hydrogens (tertiary/aromatic N) is 5. The van der Waals surface area contributed by atoms with E-state index in [0.717, 1.165) is 11.8 Å². The molecule has 1 aromatic carbocycles. The van der Waals surface area contributed by atoms with Crippen molar-refractivity contribution in [3.05, 3.63) is 42.0 Å². The summed E-state index contributed by atoms with van der Waals surface area (Å²) in [6.07, 6.45) is 1.54. The average molecular weight is 429 g/mol. The molecule has 0 unspecified atom stereocenters. The second kappa shape index (κ2) is 9.33. The number of halogens is 1. The van der Waals surface area contributed by atoms with E-state index >= 15 is 0 Å². The first-order valence-corrected chi connectivity index (χ1v) is 7.14. The molecule has 0 amide bonds. The highest BCUT2D eigenvalue weighted by Crippen LogP contribution is 2.12. The Hall–Kier alpha value is -1.84. The molecule has 1 aromatic heterocycles. The fraction of sp³-hybridized carbons (Fsp3) is 0.400. The summed E-state index contributed by atoms with van der Waals surface area (Å²) in [5, 5.41) is 10.6. The van der Waals surface area contributed by atoms with E-state index in [1.54, 1.807) is 18.1 Å². The average Bonchev–Trinajstić information content (AvgIpc) is 2.93. The topological polar surface area (TPSA) is 70.4 Å². The molecule has 126 valence electrons. The van der Waals surface area contributed by atoms with Gasteiger partial charge >= 0.3 is 0 Å². The van der Waals surface area contributed by atoms with Gasteiger partial charge in [-0.15, -0.1) is 24.0 Å². The van der Waals surface area contributed by atoms with Crippen LogP contribution in [0, 0.1) is 0 Å². The van der Waals surface area contributed by atoms with E-state index in [9.17, 15) is 0 Å². The van der Waals surface area contributed by atoms with Gasteiger partial charge in [0.25, 0.3) is 0 Å². The number of guanidine groups is 1. The van der Waals surface area contributed by atoms with Gasteiger partial charge in [-0.1, -0.05) is 12.1 Å². The quantitative estimate of drug-likeness (QED) is 0.427. The lowest BCUT2D eigenvalue weighted by Gasteiger charge is -2.15. The van der Waals surface area contributed by atoms with Crippen molar-refractivity contribution in [2.24, 2.45) is 12.0 Å². The van der Waals surface area contributed by atoms with Crippen molar-refractivity contribution in [1.82, 2.24) is 25.4 Å². The third-order valence-corrected chi connectivity index (χ3v) is 3.33. The summed E-state index contributed by atoms with van der Waals surface area (Å²) >= 11 is 0. The van der Waals surface area contributed by atoms with Crippen LogP contribution in [-0.2, 0) is 20.1 Å². The van der Waals surface area contributed by atoms with Crippen LogP contribution in [0.25, 0.3) is 0 Å². The second-order valence-corrected chi connectivity index (χ2v) is 5.14. The molecule has 1 heterocycles. The molecule has 2 aromatic rings. The zero-order valence-electron chi connectivity index (χ0n) is 13.9. The number of hydrogen-bond acceptors (Lipinski definition) is 4. The van der Waals surface area contributed by atoms with Crippen molar-refractivity contribution in [2.75, 3.05) is 26.0 Å². The van der Waals surface area contributed by atoms with Crippen LogP contribution in [0.2, 0.25) is 0 Å². The second-order valence-electron chi connectivity index (χ2n) is 5.14. The van der Waals surface area contributed by atoms with E-state index in [-0.39, 0.29) is 24.0 Å². The molecular formula is C15H24IN7. The fourth-order valence-corrected chi connectivity index (χ4v) is 1.99. The normalized spacial score (nSPS) is 10.9. The summed E-state index contributed by atoms with van der Waals surface area (Å²) < 4.78 is 1.74. The SMILES string of the molecule is CN=C(NCc1cccc(N(C)C)c1)NCc1ncnn1C.I. The summed E-state index contributed by atoms with van der Waals surface area (Å²) in [4.78, 5) is 10.5. The van der Waals surface area contributed by atoms with Crippen molar-refractivity contribution in [3.8, 4) is 0 Å². The minimum absolute atomic E-state index is 0. The van der Waals surface area contributed by atoms with E-state index in [1.165, 1.54) is 11.3 Å². The summed E-state index contributed by atoms with van der Waals surface area (Å²) in [5.74, 6) is 1.59. The van der Waals surface area contributed by atoms with Crippen LogP contribution in [0.1, 0.15) is 11.4 Å². The number of benzene rings is 1. The van der Waals surface area contributed by atoms with E-state index in [2.05, 4.69) is 54.9 Å². The summed E-state index contributed by atoms with van der Waals surface area (Å²) in [6.45, 7) is 1.29. The summed E-state index contributed by atoms with van der Waals surface area (Å²) in [6, 6.07) is 8.39. The molecule has 0 spiro atoms. The smallest absolute Gasteiger partial charge is 0.191 e. The van der Waals surface area contributed by atoms with Gasteiger partial charge in [-0.05, 0) is 17.7 Å². The van der Waals surface area contributed by atoms with E-state index < -0.39 is 0 Å². The molecule has 0 aliphatic heterocycles. The number of anilines is 1. The van der Waals surface area contributed by atoms with Gasteiger partial charge < -0.3 is 15.5 Å². The third kappa shape index (κ3) is 5.70. The van der Waals surface area contributed by atoms with Gasteiger partial charge in [-0.2, -0.15) is 5.10 Å². The molecular weight excluding hydrogens is 405 g/mol. The summed E-state index contributed by atoms with van der Waals surface area (Å²) in [5.41, 5.74) is 2.38. The van der Waals surface area contributed by atoms with Crippen LogP contribution >= 0.6 is 24.0 Å². The number of aliphatic imine (C=N–C) groups is 1. The standard InChI is InChI=1S/C15H23N7.HI/c1-16-15(18-10-14-19-11-20-22(14)4)17-9-12-6-5-7-13(8-12)21(2)3;/h5-8,11H,9-10H2,1-4H3,(H2,16,17,18);1H. The molecule has 0 atom stereocenters. The fourth-order valence-electron chi connectivity index (χ4n) is 1.99. The lowest BCUT2D eigenvalue weighted by Crippen LogP contribution is -2.37. The zero-order chi connectivity index (χ0) is 15.9. The Morgan fingerprint density at radius 3 is 2.61 bits per heavy atom. The minimum atomic E-state index is 0. The molecule has 23 heavy (non-hydrogen) atoms. The summed E-state index contributed by atoms with van der Waals surface area (Å²) in [7, 11) is 7.69. The molecule has 0 saturated heterocycles. The molecule has 0 fully saturated rings. The van der Waals surface area contributed by atoms with Crippen LogP contribution in [0.5, 0.6) is 0 Å². The molecule has 0 bridgehead atoms. The van der Waals surface area contributed by atoms with Crippen LogP contribution in [0.3, 0.4) is 0 Å². The molecule has 8 heteroatoms. The number of aryl methyl sites for hydroxylation is 1. The Bertz CT molecular complexity index is 636. The minimum Gasteiger partial charge on any atom is -0.378 e.